The Morgan fingerprint density at radius 2 is 1.93 bits per heavy atom. The van der Waals surface area contributed by atoms with Crippen LogP contribution in [0.25, 0.3) is 16.7 Å². The molecule has 40 heavy (non-hydrogen) atoms. The number of ether oxygens (including phenoxy) is 1. The van der Waals surface area contributed by atoms with Gasteiger partial charge in [-0.1, -0.05) is 75.0 Å². The Hall–Kier alpha value is -3.62. The summed E-state index contributed by atoms with van der Waals surface area (Å²) in [7, 11) is 1.17. The van der Waals surface area contributed by atoms with Crippen molar-refractivity contribution in [2.45, 2.75) is 56.1 Å². The van der Waals surface area contributed by atoms with E-state index in [1.54, 1.807) is 36.4 Å². The molecule has 0 spiro atoms. The molecule has 1 aliphatic heterocycles. The number of allylic oxidation sites excluding steroid dienone is 1. The average molecular weight is 564 g/mol. The fourth-order valence-corrected chi connectivity index (χ4v) is 5.52. The van der Waals surface area contributed by atoms with Gasteiger partial charge in [0.05, 0.1) is 11.6 Å². The van der Waals surface area contributed by atoms with Gasteiger partial charge in [0.25, 0.3) is 5.91 Å². The predicted molar refractivity (Wildman–Crippen MR) is 154 cm³/mol. The van der Waals surface area contributed by atoms with Crippen LogP contribution in [0.15, 0.2) is 71.3 Å². The summed E-state index contributed by atoms with van der Waals surface area (Å²) in [4.78, 5) is 39.0. The smallest absolute Gasteiger partial charge is 0.252 e. The molecule has 1 heterocycles. The molecule has 1 unspecified atom stereocenters. The van der Waals surface area contributed by atoms with E-state index in [0.29, 0.717) is 11.1 Å². The van der Waals surface area contributed by atoms with Gasteiger partial charge >= 0.3 is 0 Å². The van der Waals surface area contributed by atoms with Crippen LogP contribution >= 0.6 is 11.8 Å². The molecule has 1 amide bonds. The van der Waals surface area contributed by atoms with E-state index >= 15 is 0 Å². The first kappa shape index (κ1) is 30.9. The SMILES string of the molecule is C=C1C(=O)C(NC(=O)[C@H](OC)[C@H](N=O)[C@@H](O)[C@H](O)/C=C/C(C)(C)C)CSc2c1cccc2-c1cccc(C#N)c1. The van der Waals surface area contributed by atoms with Gasteiger partial charge in [-0.3, -0.25) is 9.59 Å². The second-order valence-electron chi connectivity index (χ2n) is 10.5. The third-order valence-corrected chi connectivity index (χ3v) is 7.63. The molecule has 9 nitrogen and oxygen atoms in total. The number of nitroso groups, excluding NO2 is 1. The van der Waals surface area contributed by atoms with Gasteiger partial charge in [-0.05, 0) is 34.2 Å². The summed E-state index contributed by atoms with van der Waals surface area (Å²) >= 11 is 1.35. The van der Waals surface area contributed by atoms with Crippen molar-refractivity contribution in [3.63, 3.8) is 0 Å². The zero-order chi connectivity index (χ0) is 29.6. The van der Waals surface area contributed by atoms with E-state index in [9.17, 15) is 30.0 Å². The fraction of sp³-hybridized carbons (Fsp3) is 0.367. The zero-order valence-corrected chi connectivity index (χ0v) is 23.6. The Kier molecular flexibility index (Phi) is 10.2. The highest BCUT2D eigenvalue weighted by molar-refractivity contribution is 7.99. The van der Waals surface area contributed by atoms with Gasteiger partial charge in [-0.2, -0.15) is 10.2 Å². The number of nitrogens with zero attached hydrogens (tertiary/aromatic N) is 2. The van der Waals surface area contributed by atoms with Crippen LogP contribution in [-0.4, -0.2) is 65.2 Å². The van der Waals surface area contributed by atoms with Crippen LogP contribution in [0.2, 0.25) is 0 Å². The second-order valence-corrected chi connectivity index (χ2v) is 11.6. The van der Waals surface area contributed by atoms with E-state index in [2.05, 4.69) is 23.1 Å². The van der Waals surface area contributed by atoms with Crippen molar-refractivity contribution in [2.24, 2.45) is 10.6 Å². The Bertz CT molecular complexity index is 1360. The number of hydrogen-bond acceptors (Lipinski definition) is 9. The van der Waals surface area contributed by atoms with Crippen molar-refractivity contribution < 1.29 is 24.5 Å². The second kappa shape index (κ2) is 13.2. The molecule has 2 aromatic rings. The third kappa shape index (κ3) is 7.11. The Morgan fingerprint density at radius 3 is 2.55 bits per heavy atom. The Morgan fingerprint density at radius 1 is 1.25 bits per heavy atom. The number of nitriles is 1. The largest absolute Gasteiger partial charge is 0.388 e. The molecule has 3 N–H and O–H groups in total. The lowest BCUT2D eigenvalue weighted by atomic mass is 9.93. The van der Waals surface area contributed by atoms with Crippen LogP contribution in [0, 0.1) is 21.7 Å². The molecule has 5 atom stereocenters. The van der Waals surface area contributed by atoms with Crippen LogP contribution in [0.4, 0.5) is 0 Å². The molecule has 0 saturated carbocycles. The number of aliphatic hydroxyl groups is 2. The summed E-state index contributed by atoms with van der Waals surface area (Å²) in [6, 6.07) is 12.1. The number of Topliss-reactive ketones (excluding diaryl/α,β-unsaturated/α-hetero) is 1. The summed E-state index contributed by atoms with van der Waals surface area (Å²) in [6.07, 6.45) is -1.76. The minimum atomic E-state index is -1.73. The number of carbonyl (C=O) groups excluding carboxylic acids is 2. The topological polar surface area (TPSA) is 149 Å². The molecule has 10 heteroatoms. The van der Waals surface area contributed by atoms with Crippen molar-refractivity contribution in [3.05, 3.63) is 77.2 Å². The number of ketones is 1. The molecular weight excluding hydrogens is 530 g/mol. The van der Waals surface area contributed by atoms with Gasteiger partial charge in [0, 0.05) is 23.3 Å². The van der Waals surface area contributed by atoms with E-state index < -0.39 is 42.1 Å². The number of rotatable bonds is 9. The summed E-state index contributed by atoms with van der Waals surface area (Å²) in [5.74, 6) is -1.10. The predicted octanol–water partition coefficient (Wildman–Crippen LogP) is 3.87. The van der Waals surface area contributed by atoms with E-state index in [0.717, 1.165) is 16.0 Å². The molecule has 0 fully saturated rings. The van der Waals surface area contributed by atoms with Crippen LogP contribution in [0.1, 0.15) is 31.9 Å². The highest BCUT2D eigenvalue weighted by Crippen LogP contribution is 2.40. The van der Waals surface area contributed by atoms with Crippen LogP contribution < -0.4 is 5.32 Å². The summed E-state index contributed by atoms with van der Waals surface area (Å²) in [6.45, 7) is 9.66. The minimum Gasteiger partial charge on any atom is -0.388 e. The number of methoxy groups -OCH3 is 1. The maximum absolute atomic E-state index is 13.4. The van der Waals surface area contributed by atoms with E-state index in [4.69, 9.17) is 4.74 Å². The van der Waals surface area contributed by atoms with Gasteiger partial charge < -0.3 is 20.3 Å². The molecule has 0 bridgehead atoms. The fourth-order valence-electron chi connectivity index (χ4n) is 4.26. The molecule has 0 radical (unpaired) electrons. The Balaban J connectivity index is 1.83. The molecule has 0 aliphatic carbocycles. The van der Waals surface area contributed by atoms with Crippen LogP contribution in [0.3, 0.4) is 0 Å². The van der Waals surface area contributed by atoms with Gasteiger partial charge in [0.1, 0.15) is 18.2 Å². The molecule has 1 aliphatic rings. The number of aliphatic hydroxyl groups excluding tert-OH is 2. The summed E-state index contributed by atoms with van der Waals surface area (Å²) in [5.41, 5.74) is 2.65. The number of thioether (sulfide) groups is 1. The first-order chi connectivity index (χ1) is 18.9. The van der Waals surface area contributed by atoms with E-state index in [-0.39, 0.29) is 16.7 Å². The van der Waals surface area contributed by atoms with Crippen molar-refractivity contribution >= 4 is 29.0 Å². The van der Waals surface area contributed by atoms with Gasteiger partial charge in [-0.25, -0.2) is 0 Å². The zero-order valence-electron chi connectivity index (χ0n) is 22.8. The van der Waals surface area contributed by atoms with Crippen molar-refractivity contribution in [3.8, 4) is 17.2 Å². The lowest BCUT2D eigenvalue weighted by Gasteiger charge is -2.27. The number of amides is 1. The maximum atomic E-state index is 13.4. The van der Waals surface area contributed by atoms with Crippen molar-refractivity contribution in [1.29, 1.82) is 5.26 Å². The number of fused-ring (bicyclic) bond motifs is 1. The molecule has 0 aromatic heterocycles. The number of hydrogen-bond donors (Lipinski definition) is 3. The molecule has 0 saturated heterocycles. The quantitative estimate of drug-likeness (QED) is 0.236. The van der Waals surface area contributed by atoms with E-state index in [1.807, 2.05) is 32.9 Å². The van der Waals surface area contributed by atoms with E-state index in [1.165, 1.54) is 24.9 Å². The summed E-state index contributed by atoms with van der Waals surface area (Å²) < 4.78 is 5.21. The average Bonchev–Trinajstić information content (AvgIpc) is 3.05. The summed E-state index contributed by atoms with van der Waals surface area (Å²) in [5, 5.41) is 35.8. The number of carbonyl (C=O) groups is 2. The first-order valence-electron chi connectivity index (χ1n) is 12.6. The molecule has 210 valence electrons. The minimum absolute atomic E-state index is 0.153. The van der Waals surface area contributed by atoms with Crippen LogP contribution in [-0.2, 0) is 14.3 Å². The van der Waals surface area contributed by atoms with Gasteiger partial charge in [0.2, 0.25) is 0 Å². The third-order valence-electron chi connectivity index (χ3n) is 6.41. The van der Waals surface area contributed by atoms with Crippen molar-refractivity contribution in [1.82, 2.24) is 5.32 Å². The lowest BCUT2D eigenvalue weighted by molar-refractivity contribution is -0.137. The number of nitrogens with one attached hydrogen (secondary N) is 1. The molecular formula is C30H33N3O6S. The lowest BCUT2D eigenvalue weighted by Crippen LogP contribution is -2.54. The number of benzene rings is 2. The highest BCUT2D eigenvalue weighted by atomic mass is 32.2. The van der Waals surface area contributed by atoms with Gasteiger partial charge in [-0.15, -0.1) is 11.8 Å². The first-order valence-corrected chi connectivity index (χ1v) is 13.6. The highest BCUT2D eigenvalue weighted by Gasteiger charge is 2.40. The van der Waals surface area contributed by atoms with Gasteiger partial charge in [0.15, 0.2) is 17.9 Å². The van der Waals surface area contributed by atoms with Crippen LogP contribution in [0.5, 0.6) is 0 Å². The normalized spacial score (nSPS) is 18.7. The van der Waals surface area contributed by atoms with Crippen molar-refractivity contribution in [2.75, 3.05) is 12.9 Å². The molecule has 3 rings (SSSR count). The Labute approximate surface area is 237 Å². The molecule has 2 aromatic carbocycles. The monoisotopic (exact) mass is 563 g/mol. The maximum Gasteiger partial charge on any atom is 0.252 e. The standard InChI is InChI=1S/C30H33N3O6S/c1-17-20-10-7-11-21(19-9-6-8-18(14-19)15-31)28(20)40-16-22(25(17)35)32-29(37)27(39-5)24(33-38)26(36)23(34)12-13-30(2,3)4/h6-14,22-24,26-27,34,36H,1,16H2,2-5H3,(H,32,37)/b13-12+/t22?,23-,24-,26+,27-/m1/s1.